The van der Waals surface area contributed by atoms with E-state index in [9.17, 15) is 0 Å². The summed E-state index contributed by atoms with van der Waals surface area (Å²) in [6.45, 7) is 4.50. The van der Waals surface area contributed by atoms with E-state index < -0.39 is 0 Å². The van der Waals surface area contributed by atoms with Crippen molar-refractivity contribution in [1.82, 2.24) is 0 Å². The summed E-state index contributed by atoms with van der Waals surface area (Å²) in [5.74, 6) is 1.46. The number of benzene rings is 1. The smallest absolute Gasteiger partial charge is 0.0247 e. The predicted molar refractivity (Wildman–Crippen MR) is 75.0 cm³/mol. The molecule has 0 bridgehead atoms. The molecule has 0 saturated heterocycles. The van der Waals surface area contributed by atoms with E-state index in [0.717, 1.165) is 11.2 Å². The molecule has 0 amide bonds. The zero-order chi connectivity index (χ0) is 11.5. The van der Waals surface area contributed by atoms with Crippen molar-refractivity contribution >= 4 is 22.0 Å². The van der Waals surface area contributed by atoms with Gasteiger partial charge in [-0.25, -0.2) is 0 Å². The number of hydrogen-bond donors (Lipinski definition) is 0. The molecular weight excluding hydrogens is 260 g/mol. The molecule has 0 heterocycles. The molecule has 1 fully saturated rings. The van der Waals surface area contributed by atoms with Crippen LogP contribution in [0.1, 0.15) is 43.7 Å². The van der Waals surface area contributed by atoms with Crippen molar-refractivity contribution in [2.75, 3.05) is 5.33 Å². The van der Waals surface area contributed by atoms with E-state index in [1.54, 1.807) is 0 Å². The van der Waals surface area contributed by atoms with Crippen molar-refractivity contribution in [3.8, 4) is 0 Å². The maximum Gasteiger partial charge on any atom is 0.0247 e. The lowest BCUT2D eigenvalue weighted by atomic mass is 10.0. The lowest BCUT2D eigenvalue weighted by Crippen LogP contribution is -1.95. The highest BCUT2D eigenvalue weighted by molar-refractivity contribution is 9.09. The Labute approximate surface area is 107 Å². The van der Waals surface area contributed by atoms with E-state index in [1.807, 2.05) is 0 Å². The second-order valence-corrected chi connectivity index (χ2v) is 5.51. The van der Waals surface area contributed by atoms with Gasteiger partial charge in [-0.05, 0) is 35.8 Å². The number of rotatable bonds is 4. The maximum atomic E-state index is 3.57. The van der Waals surface area contributed by atoms with Gasteiger partial charge >= 0.3 is 0 Å². The topological polar surface area (TPSA) is 0 Å². The minimum absolute atomic E-state index is 0.615. The van der Waals surface area contributed by atoms with Crippen molar-refractivity contribution in [2.45, 2.75) is 32.6 Å². The van der Waals surface area contributed by atoms with Gasteiger partial charge in [0, 0.05) is 5.33 Å². The second kappa shape index (κ2) is 5.18. The minimum Gasteiger partial charge on any atom is -0.0880 e. The molecule has 0 aromatic heterocycles. The molecule has 1 aromatic rings. The molecular formula is C15H19Br. The molecule has 0 unspecified atom stereocenters. The molecule has 0 N–H and O–H groups in total. The summed E-state index contributed by atoms with van der Waals surface area (Å²) in [4.78, 5) is 0. The van der Waals surface area contributed by atoms with E-state index in [2.05, 4.69) is 60.1 Å². The quantitative estimate of drug-likeness (QED) is 0.680. The molecule has 1 saturated carbocycles. The minimum atomic E-state index is 0.615. The molecule has 1 aliphatic rings. The van der Waals surface area contributed by atoms with Crippen LogP contribution < -0.4 is 0 Å². The molecule has 0 aliphatic heterocycles. The summed E-state index contributed by atoms with van der Waals surface area (Å²) in [7, 11) is 0. The molecule has 1 aromatic carbocycles. The van der Waals surface area contributed by atoms with Crippen LogP contribution in [0.25, 0.3) is 6.08 Å². The van der Waals surface area contributed by atoms with Crippen molar-refractivity contribution < 1.29 is 0 Å². The van der Waals surface area contributed by atoms with Crippen molar-refractivity contribution in [3.63, 3.8) is 0 Å². The maximum absolute atomic E-state index is 3.57. The van der Waals surface area contributed by atoms with Crippen molar-refractivity contribution in [3.05, 3.63) is 41.0 Å². The zero-order valence-electron chi connectivity index (χ0n) is 10.0. The molecule has 0 spiro atoms. The number of halogens is 1. The summed E-state index contributed by atoms with van der Waals surface area (Å²) in [5.41, 5.74) is 4.34. The van der Waals surface area contributed by atoms with Crippen LogP contribution in [-0.2, 0) is 0 Å². The molecule has 1 heteroatoms. The molecule has 86 valence electrons. The van der Waals surface area contributed by atoms with Gasteiger partial charge in [0.1, 0.15) is 0 Å². The average molecular weight is 279 g/mol. The fourth-order valence-corrected chi connectivity index (χ4v) is 2.70. The highest BCUT2D eigenvalue weighted by Crippen LogP contribution is 2.40. The van der Waals surface area contributed by atoms with Crippen LogP contribution in [0, 0.1) is 5.92 Å². The Balaban J connectivity index is 2.22. The summed E-state index contributed by atoms with van der Waals surface area (Å²) in [5, 5.41) is 0.971. The Hall–Kier alpha value is -0.560. The lowest BCUT2D eigenvalue weighted by molar-refractivity contribution is 0.781. The van der Waals surface area contributed by atoms with E-state index >= 15 is 0 Å². The molecule has 0 radical (unpaired) electrons. The zero-order valence-corrected chi connectivity index (χ0v) is 11.6. The van der Waals surface area contributed by atoms with Gasteiger partial charge in [0.15, 0.2) is 0 Å². The first-order valence-electron chi connectivity index (χ1n) is 6.07. The van der Waals surface area contributed by atoms with Gasteiger partial charge in [0.25, 0.3) is 0 Å². The first-order valence-corrected chi connectivity index (χ1v) is 7.19. The highest BCUT2D eigenvalue weighted by Gasteiger charge is 2.23. The third-order valence-corrected chi connectivity index (χ3v) is 3.85. The van der Waals surface area contributed by atoms with E-state index in [-0.39, 0.29) is 0 Å². The Morgan fingerprint density at radius 2 is 2.19 bits per heavy atom. The lowest BCUT2D eigenvalue weighted by Gasteiger charge is -2.08. The number of hydrogen-bond acceptors (Lipinski definition) is 0. The van der Waals surface area contributed by atoms with Crippen LogP contribution in [0.5, 0.6) is 0 Å². The van der Waals surface area contributed by atoms with Crippen molar-refractivity contribution in [2.24, 2.45) is 5.92 Å². The van der Waals surface area contributed by atoms with Crippen LogP contribution in [0.15, 0.2) is 29.8 Å². The van der Waals surface area contributed by atoms with Crippen LogP contribution in [-0.4, -0.2) is 5.33 Å². The summed E-state index contributed by atoms with van der Waals surface area (Å²) in [6.07, 6.45) is 5.08. The highest BCUT2D eigenvalue weighted by atomic mass is 79.9. The van der Waals surface area contributed by atoms with Gasteiger partial charge in [-0.1, -0.05) is 65.7 Å². The second-order valence-electron chi connectivity index (χ2n) is 4.95. The third-order valence-electron chi connectivity index (χ3n) is 3.21. The monoisotopic (exact) mass is 278 g/mol. The SMILES string of the molecule is CC(C)C(=Cc1cccc(C2CC2)c1)CBr. The Bertz CT molecular complexity index is 386. The fourth-order valence-electron chi connectivity index (χ4n) is 1.89. The molecule has 0 atom stereocenters. The fraction of sp³-hybridized carbons (Fsp3) is 0.467. The first-order chi connectivity index (χ1) is 7.70. The third kappa shape index (κ3) is 2.98. The Morgan fingerprint density at radius 3 is 2.75 bits per heavy atom. The largest absolute Gasteiger partial charge is 0.0880 e. The Morgan fingerprint density at radius 1 is 1.44 bits per heavy atom. The van der Waals surface area contributed by atoms with Crippen LogP contribution in [0.4, 0.5) is 0 Å². The van der Waals surface area contributed by atoms with Gasteiger partial charge in [0.05, 0.1) is 0 Å². The predicted octanol–water partition coefficient (Wildman–Crippen LogP) is 5.00. The van der Waals surface area contributed by atoms with E-state index in [1.165, 1.54) is 29.5 Å². The van der Waals surface area contributed by atoms with Crippen LogP contribution >= 0.6 is 15.9 Å². The first kappa shape index (κ1) is 11.9. The summed E-state index contributed by atoms with van der Waals surface area (Å²) < 4.78 is 0. The molecule has 0 nitrogen and oxygen atoms in total. The number of allylic oxidation sites excluding steroid dienone is 1. The van der Waals surface area contributed by atoms with Crippen LogP contribution in [0.2, 0.25) is 0 Å². The van der Waals surface area contributed by atoms with E-state index in [4.69, 9.17) is 0 Å². The van der Waals surface area contributed by atoms with Gasteiger partial charge in [-0.3, -0.25) is 0 Å². The molecule has 2 rings (SSSR count). The van der Waals surface area contributed by atoms with Gasteiger partial charge in [-0.2, -0.15) is 0 Å². The summed E-state index contributed by atoms with van der Waals surface area (Å²) in [6, 6.07) is 9.00. The van der Waals surface area contributed by atoms with Gasteiger partial charge in [0.2, 0.25) is 0 Å². The summed E-state index contributed by atoms with van der Waals surface area (Å²) >= 11 is 3.57. The average Bonchev–Trinajstić information content (AvgIpc) is 3.09. The molecule has 1 aliphatic carbocycles. The van der Waals surface area contributed by atoms with Gasteiger partial charge < -0.3 is 0 Å². The van der Waals surface area contributed by atoms with Crippen LogP contribution in [0.3, 0.4) is 0 Å². The molecule has 16 heavy (non-hydrogen) atoms. The standard InChI is InChI=1S/C15H19Br/c1-11(2)15(10-16)9-12-4-3-5-14(8-12)13-6-7-13/h3-5,8-9,11,13H,6-7,10H2,1-2H3. The van der Waals surface area contributed by atoms with Gasteiger partial charge in [-0.15, -0.1) is 0 Å². The number of alkyl halides is 1. The van der Waals surface area contributed by atoms with E-state index in [0.29, 0.717) is 5.92 Å². The Kier molecular flexibility index (Phi) is 3.86. The van der Waals surface area contributed by atoms with Crippen molar-refractivity contribution in [1.29, 1.82) is 0 Å². The normalized spacial score (nSPS) is 16.9.